The molecule has 0 radical (unpaired) electrons. The van der Waals surface area contributed by atoms with Crippen LogP contribution in [-0.4, -0.2) is 22.5 Å². The SMILES string of the molecule is CSC1CCCC1Nc1ccc(N)c2ncccc12. The van der Waals surface area contributed by atoms with Crippen LogP contribution in [0.15, 0.2) is 30.5 Å². The molecule has 1 aliphatic rings. The van der Waals surface area contributed by atoms with Gasteiger partial charge < -0.3 is 11.1 Å². The van der Waals surface area contributed by atoms with E-state index in [-0.39, 0.29) is 0 Å². The molecule has 2 unspecified atom stereocenters. The molecule has 1 fully saturated rings. The van der Waals surface area contributed by atoms with Crippen molar-refractivity contribution in [1.82, 2.24) is 4.98 Å². The van der Waals surface area contributed by atoms with Gasteiger partial charge in [0.15, 0.2) is 0 Å². The second kappa shape index (κ2) is 5.29. The van der Waals surface area contributed by atoms with E-state index >= 15 is 0 Å². The Kier molecular flexibility index (Phi) is 3.51. The van der Waals surface area contributed by atoms with Gasteiger partial charge in [0, 0.05) is 28.6 Å². The summed E-state index contributed by atoms with van der Waals surface area (Å²) in [5.74, 6) is 0. The highest BCUT2D eigenvalue weighted by atomic mass is 32.2. The van der Waals surface area contributed by atoms with Crippen molar-refractivity contribution in [2.75, 3.05) is 17.3 Å². The summed E-state index contributed by atoms with van der Waals surface area (Å²) in [7, 11) is 0. The van der Waals surface area contributed by atoms with E-state index in [1.54, 1.807) is 6.20 Å². The van der Waals surface area contributed by atoms with E-state index in [2.05, 4.69) is 28.7 Å². The Morgan fingerprint density at radius 1 is 1.32 bits per heavy atom. The molecule has 2 aromatic rings. The average molecular weight is 273 g/mol. The van der Waals surface area contributed by atoms with Gasteiger partial charge in [0.1, 0.15) is 0 Å². The third kappa shape index (κ3) is 2.37. The molecular weight excluding hydrogens is 254 g/mol. The minimum Gasteiger partial charge on any atom is -0.397 e. The highest BCUT2D eigenvalue weighted by molar-refractivity contribution is 7.99. The molecule has 19 heavy (non-hydrogen) atoms. The van der Waals surface area contributed by atoms with Gasteiger partial charge >= 0.3 is 0 Å². The first kappa shape index (κ1) is 12.6. The summed E-state index contributed by atoms with van der Waals surface area (Å²) in [5.41, 5.74) is 8.79. The highest BCUT2D eigenvalue weighted by Gasteiger charge is 2.26. The van der Waals surface area contributed by atoms with Crippen LogP contribution in [0.2, 0.25) is 0 Å². The number of anilines is 2. The van der Waals surface area contributed by atoms with Crippen molar-refractivity contribution in [3.63, 3.8) is 0 Å². The quantitative estimate of drug-likeness (QED) is 0.840. The molecule has 3 nitrogen and oxygen atoms in total. The van der Waals surface area contributed by atoms with Gasteiger partial charge in [0.25, 0.3) is 0 Å². The van der Waals surface area contributed by atoms with E-state index in [9.17, 15) is 0 Å². The molecule has 1 aliphatic carbocycles. The number of hydrogen-bond donors (Lipinski definition) is 2. The van der Waals surface area contributed by atoms with Gasteiger partial charge in [-0.3, -0.25) is 4.98 Å². The monoisotopic (exact) mass is 273 g/mol. The maximum absolute atomic E-state index is 5.99. The summed E-state index contributed by atoms with van der Waals surface area (Å²) in [6, 6.07) is 8.63. The highest BCUT2D eigenvalue weighted by Crippen LogP contribution is 2.33. The Labute approximate surface area is 118 Å². The lowest BCUT2D eigenvalue weighted by atomic mass is 10.1. The first-order valence-corrected chi connectivity index (χ1v) is 8.01. The van der Waals surface area contributed by atoms with Gasteiger partial charge in [-0.25, -0.2) is 0 Å². The minimum atomic E-state index is 0.557. The Bertz CT molecular complexity index is 585. The van der Waals surface area contributed by atoms with Gasteiger partial charge in [-0.05, 0) is 43.4 Å². The summed E-state index contributed by atoms with van der Waals surface area (Å²) in [6.07, 6.45) is 7.87. The average Bonchev–Trinajstić information content (AvgIpc) is 2.89. The lowest BCUT2D eigenvalue weighted by Crippen LogP contribution is -2.25. The zero-order chi connectivity index (χ0) is 13.2. The molecule has 0 spiro atoms. The molecule has 0 aliphatic heterocycles. The molecule has 1 aromatic carbocycles. The lowest BCUT2D eigenvalue weighted by Gasteiger charge is -2.21. The molecule has 4 heteroatoms. The van der Waals surface area contributed by atoms with Crippen molar-refractivity contribution in [3.8, 4) is 0 Å². The molecule has 0 saturated heterocycles. The molecule has 1 heterocycles. The molecule has 0 amide bonds. The number of thioether (sulfide) groups is 1. The zero-order valence-corrected chi connectivity index (χ0v) is 11.9. The number of benzene rings is 1. The fraction of sp³-hybridized carbons (Fsp3) is 0.400. The molecule has 100 valence electrons. The number of aromatic nitrogens is 1. The van der Waals surface area contributed by atoms with Gasteiger partial charge in [-0.2, -0.15) is 11.8 Å². The number of nitrogens with one attached hydrogen (secondary N) is 1. The Morgan fingerprint density at radius 3 is 3.05 bits per heavy atom. The number of nitrogens with zero attached hydrogens (tertiary/aromatic N) is 1. The normalized spacial score (nSPS) is 22.8. The van der Waals surface area contributed by atoms with Crippen LogP contribution < -0.4 is 11.1 Å². The fourth-order valence-electron chi connectivity index (χ4n) is 2.89. The number of fused-ring (bicyclic) bond motifs is 1. The topological polar surface area (TPSA) is 50.9 Å². The van der Waals surface area contributed by atoms with Crippen LogP contribution in [0.25, 0.3) is 10.9 Å². The minimum absolute atomic E-state index is 0.557. The smallest absolute Gasteiger partial charge is 0.0951 e. The van der Waals surface area contributed by atoms with E-state index < -0.39 is 0 Å². The summed E-state index contributed by atoms with van der Waals surface area (Å²) in [6.45, 7) is 0. The zero-order valence-electron chi connectivity index (χ0n) is 11.1. The van der Waals surface area contributed by atoms with Gasteiger partial charge in [-0.1, -0.05) is 6.42 Å². The fourth-order valence-corrected chi connectivity index (χ4v) is 3.83. The predicted octanol–water partition coefficient (Wildman–Crippen LogP) is 3.51. The number of hydrogen-bond acceptors (Lipinski definition) is 4. The molecule has 3 rings (SSSR count). The van der Waals surface area contributed by atoms with Crippen molar-refractivity contribution in [1.29, 1.82) is 0 Å². The molecule has 1 saturated carbocycles. The van der Waals surface area contributed by atoms with E-state index in [4.69, 9.17) is 5.73 Å². The van der Waals surface area contributed by atoms with Gasteiger partial charge in [-0.15, -0.1) is 0 Å². The van der Waals surface area contributed by atoms with Crippen molar-refractivity contribution < 1.29 is 0 Å². The van der Waals surface area contributed by atoms with Crippen LogP contribution in [0.1, 0.15) is 19.3 Å². The third-order valence-electron chi connectivity index (χ3n) is 3.90. The van der Waals surface area contributed by atoms with Crippen molar-refractivity contribution in [3.05, 3.63) is 30.5 Å². The molecule has 1 aromatic heterocycles. The number of pyridine rings is 1. The van der Waals surface area contributed by atoms with Crippen molar-refractivity contribution >= 4 is 34.0 Å². The van der Waals surface area contributed by atoms with Crippen LogP contribution in [0, 0.1) is 0 Å². The van der Waals surface area contributed by atoms with E-state index in [1.165, 1.54) is 19.3 Å². The van der Waals surface area contributed by atoms with E-state index in [0.717, 1.165) is 22.3 Å². The number of rotatable bonds is 3. The first-order valence-electron chi connectivity index (χ1n) is 6.72. The molecule has 3 N–H and O–H groups in total. The maximum Gasteiger partial charge on any atom is 0.0951 e. The standard InChI is InChI=1S/C15H19N3S/c1-19-14-6-2-5-13(14)18-12-8-7-11(16)15-10(12)4-3-9-17-15/h3-4,7-9,13-14,18H,2,5-6,16H2,1H3. The maximum atomic E-state index is 5.99. The number of nitrogen functional groups attached to an aromatic ring is 1. The predicted molar refractivity (Wildman–Crippen MR) is 84.7 cm³/mol. The largest absolute Gasteiger partial charge is 0.397 e. The molecule has 2 atom stereocenters. The van der Waals surface area contributed by atoms with Crippen LogP contribution in [0.3, 0.4) is 0 Å². The van der Waals surface area contributed by atoms with E-state index in [1.807, 2.05) is 23.9 Å². The summed E-state index contributed by atoms with van der Waals surface area (Å²) >= 11 is 1.97. The lowest BCUT2D eigenvalue weighted by molar-refractivity contribution is 0.770. The van der Waals surface area contributed by atoms with Crippen LogP contribution in [-0.2, 0) is 0 Å². The van der Waals surface area contributed by atoms with E-state index in [0.29, 0.717) is 11.3 Å². The Morgan fingerprint density at radius 2 is 2.21 bits per heavy atom. The van der Waals surface area contributed by atoms with Crippen molar-refractivity contribution in [2.45, 2.75) is 30.6 Å². The molecule has 0 bridgehead atoms. The Hall–Kier alpha value is -1.42. The first-order chi connectivity index (χ1) is 9.29. The van der Waals surface area contributed by atoms with Crippen LogP contribution in [0.5, 0.6) is 0 Å². The van der Waals surface area contributed by atoms with Crippen molar-refractivity contribution in [2.24, 2.45) is 0 Å². The summed E-state index contributed by atoms with van der Waals surface area (Å²) in [5, 5.41) is 5.53. The summed E-state index contributed by atoms with van der Waals surface area (Å²) < 4.78 is 0. The second-order valence-electron chi connectivity index (χ2n) is 5.06. The Balaban J connectivity index is 1.95. The second-order valence-corrected chi connectivity index (χ2v) is 6.13. The van der Waals surface area contributed by atoms with Crippen LogP contribution in [0.4, 0.5) is 11.4 Å². The number of nitrogens with two attached hydrogens (primary N) is 1. The third-order valence-corrected chi connectivity index (χ3v) is 5.07. The summed E-state index contributed by atoms with van der Waals surface area (Å²) in [4.78, 5) is 4.38. The van der Waals surface area contributed by atoms with Crippen LogP contribution >= 0.6 is 11.8 Å². The molecular formula is C15H19N3S. The van der Waals surface area contributed by atoms with Gasteiger partial charge in [0.2, 0.25) is 0 Å². The van der Waals surface area contributed by atoms with Gasteiger partial charge in [0.05, 0.1) is 11.2 Å².